The average Bonchev–Trinajstić information content (AvgIpc) is 2.97. The predicted octanol–water partition coefficient (Wildman–Crippen LogP) is 4.49. The van der Waals surface area contributed by atoms with Crippen LogP contribution >= 0.6 is 0 Å². The van der Waals surface area contributed by atoms with Crippen LogP contribution in [0.15, 0.2) is 61.2 Å². The number of fused-ring (bicyclic) bond motifs is 1. The van der Waals surface area contributed by atoms with Gasteiger partial charge in [0.2, 0.25) is 0 Å². The largest absolute Gasteiger partial charge is 0.358 e. The minimum absolute atomic E-state index is 0.140. The maximum absolute atomic E-state index is 12.8. The molecule has 0 saturated heterocycles. The second kappa shape index (κ2) is 6.44. The molecule has 0 fully saturated rings. The molecule has 1 amide bonds. The van der Waals surface area contributed by atoms with E-state index in [4.69, 9.17) is 0 Å². The van der Waals surface area contributed by atoms with Crippen molar-refractivity contribution >= 4 is 22.5 Å². The topological polar surface area (TPSA) is 70.7 Å². The Kier molecular flexibility index (Phi) is 3.97. The van der Waals surface area contributed by atoms with E-state index in [1.165, 1.54) is 11.9 Å². The van der Waals surface area contributed by atoms with Crippen LogP contribution in [0.3, 0.4) is 0 Å². The molecular formula is C21H18N4O. The zero-order chi connectivity index (χ0) is 18.1. The van der Waals surface area contributed by atoms with Gasteiger partial charge in [0, 0.05) is 34.7 Å². The fraction of sp³-hybridized carbons (Fsp3) is 0.0952. The van der Waals surface area contributed by atoms with Crippen LogP contribution in [0.1, 0.15) is 21.6 Å². The molecule has 2 aromatic heterocycles. The molecule has 2 N–H and O–H groups in total. The van der Waals surface area contributed by atoms with E-state index < -0.39 is 0 Å². The third-order valence-corrected chi connectivity index (χ3v) is 4.60. The summed E-state index contributed by atoms with van der Waals surface area (Å²) in [6.07, 6.45) is 4.99. The average molecular weight is 342 g/mol. The lowest BCUT2D eigenvalue weighted by Crippen LogP contribution is -2.12. The fourth-order valence-electron chi connectivity index (χ4n) is 3.10. The summed E-state index contributed by atoms with van der Waals surface area (Å²) in [5.41, 5.74) is 6.33. The van der Waals surface area contributed by atoms with Gasteiger partial charge in [-0.15, -0.1) is 0 Å². The van der Waals surface area contributed by atoms with E-state index in [9.17, 15) is 4.79 Å². The quantitative estimate of drug-likeness (QED) is 0.576. The molecule has 0 spiro atoms. The van der Waals surface area contributed by atoms with E-state index in [0.29, 0.717) is 5.56 Å². The molecule has 128 valence electrons. The molecule has 0 aliphatic rings. The number of hydrogen-bond donors (Lipinski definition) is 2. The highest BCUT2D eigenvalue weighted by molar-refractivity contribution is 6.12. The van der Waals surface area contributed by atoms with Crippen molar-refractivity contribution in [2.24, 2.45) is 0 Å². The number of anilines is 1. The Hall–Kier alpha value is -3.47. The van der Waals surface area contributed by atoms with Gasteiger partial charge in [0.05, 0.1) is 11.1 Å². The highest BCUT2D eigenvalue weighted by atomic mass is 16.1. The third kappa shape index (κ3) is 2.84. The van der Waals surface area contributed by atoms with Gasteiger partial charge in [-0.05, 0) is 43.2 Å². The Bertz CT molecular complexity index is 1100. The second-order valence-electron chi connectivity index (χ2n) is 6.27. The maximum Gasteiger partial charge on any atom is 0.257 e. The number of carbonyl (C=O) groups excluding carboxylic acids is 1. The van der Waals surface area contributed by atoms with Crippen LogP contribution in [0.5, 0.6) is 0 Å². The molecular weight excluding hydrogens is 324 g/mol. The van der Waals surface area contributed by atoms with Crippen molar-refractivity contribution < 1.29 is 4.79 Å². The SMILES string of the molecule is Cc1[nH]c2c(C(=O)Nc3cccc(-c4cncnc4)c3)cccc2c1C. The Labute approximate surface area is 151 Å². The number of amides is 1. The minimum Gasteiger partial charge on any atom is -0.358 e. The molecule has 0 saturated carbocycles. The zero-order valence-electron chi connectivity index (χ0n) is 14.6. The number of benzene rings is 2. The zero-order valence-corrected chi connectivity index (χ0v) is 14.6. The van der Waals surface area contributed by atoms with Gasteiger partial charge in [-0.2, -0.15) is 0 Å². The van der Waals surface area contributed by atoms with Gasteiger partial charge in [0.1, 0.15) is 6.33 Å². The van der Waals surface area contributed by atoms with Gasteiger partial charge in [0.15, 0.2) is 0 Å². The molecule has 0 atom stereocenters. The van der Waals surface area contributed by atoms with Crippen molar-refractivity contribution in [2.75, 3.05) is 5.32 Å². The Morgan fingerprint density at radius 1 is 1.00 bits per heavy atom. The summed E-state index contributed by atoms with van der Waals surface area (Å²) in [5, 5.41) is 4.06. The molecule has 26 heavy (non-hydrogen) atoms. The number of H-pyrrole nitrogens is 1. The van der Waals surface area contributed by atoms with E-state index in [1.807, 2.05) is 49.4 Å². The minimum atomic E-state index is -0.140. The van der Waals surface area contributed by atoms with E-state index in [1.54, 1.807) is 12.4 Å². The van der Waals surface area contributed by atoms with Crippen molar-refractivity contribution in [1.82, 2.24) is 15.0 Å². The van der Waals surface area contributed by atoms with E-state index >= 15 is 0 Å². The van der Waals surface area contributed by atoms with Gasteiger partial charge in [-0.25, -0.2) is 9.97 Å². The summed E-state index contributed by atoms with van der Waals surface area (Å²) in [7, 11) is 0. The molecule has 2 heterocycles. The van der Waals surface area contributed by atoms with Crippen LogP contribution in [-0.2, 0) is 0 Å². The van der Waals surface area contributed by atoms with Crippen molar-refractivity contribution in [3.63, 3.8) is 0 Å². The number of nitrogens with one attached hydrogen (secondary N) is 2. The third-order valence-electron chi connectivity index (χ3n) is 4.60. The molecule has 0 unspecified atom stereocenters. The number of carbonyl (C=O) groups is 1. The number of para-hydroxylation sites is 1. The van der Waals surface area contributed by atoms with Gasteiger partial charge >= 0.3 is 0 Å². The van der Waals surface area contributed by atoms with E-state index in [-0.39, 0.29) is 5.91 Å². The summed E-state index contributed by atoms with van der Waals surface area (Å²) < 4.78 is 0. The fourth-order valence-corrected chi connectivity index (χ4v) is 3.10. The Morgan fingerprint density at radius 3 is 2.58 bits per heavy atom. The molecule has 0 bridgehead atoms. The van der Waals surface area contributed by atoms with Crippen LogP contribution < -0.4 is 5.32 Å². The number of rotatable bonds is 3. The molecule has 2 aromatic carbocycles. The molecule has 0 radical (unpaired) electrons. The monoisotopic (exact) mass is 342 g/mol. The lowest BCUT2D eigenvalue weighted by molar-refractivity contribution is 0.102. The Balaban J connectivity index is 1.66. The smallest absolute Gasteiger partial charge is 0.257 e. The van der Waals surface area contributed by atoms with E-state index in [2.05, 4.69) is 27.2 Å². The lowest BCUT2D eigenvalue weighted by Gasteiger charge is -2.08. The van der Waals surface area contributed by atoms with Gasteiger partial charge in [0.25, 0.3) is 5.91 Å². The number of aromatic nitrogens is 3. The van der Waals surface area contributed by atoms with E-state index in [0.717, 1.165) is 33.4 Å². The number of aryl methyl sites for hydroxylation is 2. The summed E-state index contributed by atoms with van der Waals surface area (Å²) in [6, 6.07) is 13.4. The number of aromatic amines is 1. The lowest BCUT2D eigenvalue weighted by atomic mass is 10.1. The Morgan fingerprint density at radius 2 is 1.77 bits per heavy atom. The number of hydrogen-bond acceptors (Lipinski definition) is 3. The van der Waals surface area contributed by atoms with Crippen LogP contribution in [0.25, 0.3) is 22.0 Å². The molecule has 0 aliphatic heterocycles. The van der Waals surface area contributed by atoms with Crippen LogP contribution in [0.2, 0.25) is 0 Å². The second-order valence-corrected chi connectivity index (χ2v) is 6.27. The van der Waals surface area contributed by atoms with Crippen molar-refractivity contribution in [3.05, 3.63) is 78.0 Å². The normalized spacial score (nSPS) is 10.8. The molecule has 4 rings (SSSR count). The van der Waals surface area contributed by atoms with Crippen LogP contribution in [-0.4, -0.2) is 20.9 Å². The van der Waals surface area contributed by atoms with Crippen LogP contribution in [0.4, 0.5) is 5.69 Å². The van der Waals surface area contributed by atoms with Gasteiger partial charge in [-0.3, -0.25) is 4.79 Å². The van der Waals surface area contributed by atoms with Crippen LogP contribution in [0, 0.1) is 13.8 Å². The summed E-state index contributed by atoms with van der Waals surface area (Å²) >= 11 is 0. The van der Waals surface area contributed by atoms with Gasteiger partial charge < -0.3 is 10.3 Å². The highest BCUT2D eigenvalue weighted by Crippen LogP contribution is 2.26. The number of nitrogens with zero attached hydrogens (tertiary/aromatic N) is 2. The van der Waals surface area contributed by atoms with Gasteiger partial charge in [-0.1, -0.05) is 24.3 Å². The molecule has 5 heteroatoms. The first kappa shape index (κ1) is 16.0. The predicted molar refractivity (Wildman–Crippen MR) is 103 cm³/mol. The first-order valence-electron chi connectivity index (χ1n) is 8.38. The first-order valence-corrected chi connectivity index (χ1v) is 8.38. The maximum atomic E-state index is 12.8. The van der Waals surface area contributed by atoms with Crippen molar-refractivity contribution in [3.8, 4) is 11.1 Å². The molecule has 5 nitrogen and oxygen atoms in total. The summed E-state index contributed by atoms with van der Waals surface area (Å²) in [6.45, 7) is 4.07. The summed E-state index contributed by atoms with van der Waals surface area (Å²) in [5.74, 6) is -0.140. The first-order chi connectivity index (χ1) is 12.6. The highest BCUT2D eigenvalue weighted by Gasteiger charge is 2.14. The summed E-state index contributed by atoms with van der Waals surface area (Å²) in [4.78, 5) is 24.2. The standard InChI is InChI=1S/C21H18N4O/c1-13-14(2)24-20-18(13)7-4-8-19(20)21(26)25-17-6-3-5-15(9-17)16-10-22-12-23-11-16/h3-12,24H,1-2H3,(H,25,26). The van der Waals surface area contributed by atoms with Crippen molar-refractivity contribution in [1.29, 1.82) is 0 Å². The molecule has 4 aromatic rings. The van der Waals surface area contributed by atoms with Crippen molar-refractivity contribution in [2.45, 2.75) is 13.8 Å². The molecule has 0 aliphatic carbocycles.